The normalized spacial score (nSPS) is 49.2. The van der Waals surface area contributed by atoms with E-state index in [0.29, 0.717) is 24.0 Å². The van der Waals surface area contributed by atoms with E-state index in [1.54, 1.807) is 12.3 Å². The van der Waals surface area contributed by atoms with E-state index in [-0.39, 0.29) is 30.7 Å². The molecule has 1 aromatic heterocycles. The molecule has 4 aliphatic heterocycles. The van der Waals surface area contributed by atoms with Gasteiger partial charge in [-0.2, -0.15) is 0 Å². The van der Waals surface area contributed by atoms with Crippen molar-refractivity contribution in [2.75, 3.05) is 6.61 Å². The van der Waals surface area contributed by atoms with Crippen LogP contribution in [0, 0.1) is 22.2 Å². The van der Waals surface area contributed by atoms with Gasteiger partial charge in [-0.25, -0.2) is 4.79 Å². The van der Waals surface area contributed by atoms with Gasteiger partial charge in [0.05, 0.1) is 41.5 Å². The summed E-state index contributed by atoms with van der Waals surface area (Å²) in [6.45, 7) is 7.44. The van der Waals surface area contributed by atoms with Crippen molar-refractivity contribution in [2.24, 2.45) is 22.2 Å². The van der Waals surface area contributed by atoms with E-state index in [4.69, 9.17) is 23.4 Å². The summed E-state index contributed by atoms with van der Waals surface area (Å²) in [4.78, 5) is 39.7. The monoisotopic (exact) mass is 484 g/mol. The first kappa shape index (κ1) is 21.6. The molecular formula is C26H28O9. The quantitative estimate of drug-likeness (QED) is 0.473. The standard InChI is InChI=1S/C26H28O9/c1-22(2)17-16(28)18(29)24(4)13(25(17)11-32-15(27)9-14(25)34-22)5-7-23(3)19(12-6-8-31-10-12)33-21(30)20-26(23,24)35-20/h6,8,10,13-14,19-20,28H,5,7,9,11H2,1-4H3/t13?,14-,19-,20+,23-,24-,25-,26+/m1/s1. The maximum absolute atomic E-state index is 14.3. The molecule has 0 aromatic carbocycles. The predicted octanol–water partition coefficient (Wildman–Crippen LogP) is 2.94. The smallest absolute Gasteiger partial charge is 0.339 e. The topological polar surface area (TPSA) is 125 Å². The third-order valence-electron chi connectivity index (χ3n) is 10.2. The molecule has 1 saturated carbocycles. The number of rotatable bonds is 1. The number of cyclic esters (lactones) is 2. The maximum Gasteiger partial charge on any atom is 0.339 e. The van der Waals surface area contributed by atoms with Crippen molar-refractivity contribution in [1.29, 1.82) is 0 Å². The lowest BCUT2D eigenvalue weighted by Crippen LogP contribution is -2.71. The summed E-state index contributed by atoms with van der Waals surface area (Å²) in [5, 5.41) is 11.5. The van der Waals surface area contributed by atoms with E-state index in [9.17, 15) is 19.5 Å². The molecule has 2 aliphatic carbocycles. The van der Waals surface area contributed by atoms with Crippen molar-refractivity contribution in [3.05, 3.63) is 35.5 Å². The maximum atomic E-state index is 14.3. The largest absolute Gasteiger partial charge is 0.504 e. The number of aliphatic hydroxyl groups is 1. The lowest BCUT2D eigenvalue weighted by Gasteiger charge is -2.63. The van der Waals surface area contributed by atoms with Crippen molar-refractivity contribution in [1.82, 2.24) is 0 Å². The second kappa shape index (κ2) is 6.00. The number of aliphatic hydroxyl groups excluding tert-OH is 1. The van der Waals surface area contributed by atoms with Crippen molar-refractivity contribution in [2.45, 2.75) is 76.5 Å². The molecule has 5 fully saturated rings. The number of epoxide rings is 1. The molecule has 9 heteroatoms. The Morgan fingerprint density at radius 3 is 2.54 bits per heavy atom. The van der Waals surface area contributed by atoms with E-state index < -0.39 is 57.5 Å². The SMILES string of the molecule is CC1(C)O[C@@H]2CC(=O)OC[C@]23C1=C(O)C(=O)[C@@]1(C)C3CC[C@]2(C)[C@@H](c3ccoc3)OC(=O)[C@@H]3O[C@]312. The Morgan fingerprint density at radius 2 is 1.83 bits per heavy atom. The Balaban J connectivity index is 1.47. The van der Waals surface area contributed by atoms with Crippen LogP contribution >= 0.6 is 0 Å². The van der Waals surface area contributed by atoms with Gasteiger partial charge in [0.2, 0.25) is 5.78 Å². The van der Waals surface area contributed by atoms with E-state index >= 15 is 0 Å². The van der Waals surface area contributed by atoms with Gasteiger partial charge in [-0.15, -0.1) is 0 Å². The molecule has 1 unspecified atom stereocenters. The summed E-state index contributed by atoms with van der Waals surface area (Å²) in [6.07, 6.45) is 2.15. The highest BCUT2D eigenvalue weighted by Gasteiger charge is 2.90. The number of hydrogen-bond donors (Lipinski definition) is 1. The third kappa shape index (κ3) is 2.07. The number of carbonyl (C=O) groups is 3. The number of hydrogen-bond acceptors (Lipinski definition) is 9. The van der Waals surface area contributed by atoms with Crippen LogP contribution < -0.4 is 0 Å². The van der Waals surface area contributed by atoms with E-state index in [2.05, 4.69) is 0 Å². The Kier molecular flexibility index (Phi) is 3.71. The van der Waals surface area contributed by atoms with Crippen LogP contribution in [0.2, 0.25) is 0 Å². The van der Waals surface area contributed by atoms with Crippen LogP contribution in [0.15, 0.2) is 34.3 Å². The first-order valence-electron chi connectivity index (χ1n) is 12.2. The van der Waals surface area contributed by atoms with Crippen molar-refractivity contribution in [3.63, 3.8) is 0 Å². The molecule has 1 N–H and O–H groups in total. The van der Waals surface area contributed by atoms with Crippen LogP contribution in [0.25, 0.3) is 0 Å². The fourth-order valence-electron chi connectivity index (χ4n) is 8.96. The van der Waals surface area contributed by atoms with Crippen molar-refractivity contribution >= 4 is 17.7 Å². The van der Waals surface area contributed by atoms with E-state index in [1.165, 1.54) is 6.26 Å². The number of ether oxygens (including phenoxy) is 4. The number of furan rings is 1. The summed E-state index contributed by atoms with van der Waals surface area (Å²) in [7, 11) is 0. The highest BCUT2D eigenvalue weighted by molar-refractivity contribution is 6.03. The molecule has 5 heterocycles. The number of allylic oxidation sites excluding steroid dienone is 1. The highest BCUT2D eigenvalue weighted by atomic mass is 16.7. The summed E-state index contributed by atoms with van der Waals surface area (Å²) in [5.41, 5.74) is -3.85. The van der Waals surface area contributed by atoms with Gasteiger partial charge < -0.3 is 28.5 Å². The van der Waals surface area contributed by atoms with Crippen molar-refractivity contribution < 1.29 is 42.9 Å². The molecule has 35 heavy (non-hydrogen) atoms. The van der Waals surface area contributed by atoms with Crippen LogP contribution in [0.1, 0.15) is 58.6 Å². The number of ketones is 1. The van der Waals surface area contributed by atoms with Gasteiger partial charge in [0.15, 0.2) is 11.9 Å². The zero-order valence-corrected chi connectivity index (χ0v) is 20.1. The molecule has 1 aromatic rings. The van der Waals surface area contributed by atoms with Crippen LogP contribution in [0.3, 0.4) is 0 Å². The fourth-order valence-corrected chi connectivity index (χ4v) is 8.96. The molecule has 8 atom stereocenters. The second-order valence-electron chi connectivity index (χ2n) is 11.9. The minimum Gasteiger partial charge on any atom is -0.504 e. The van der Waals surface area contributed by atoms with Gasteiger partial charge in [-0.05, 0) is 45.6 Å². The molecule has 2 spiro atoms. The fraction of sp³-hybridized carbons (Fsp3) is 0.654. The number of esters is 2. The Morgan fingerprint density at radius 1 is 1.06 bits per heavy atom. The minimum absolute atomic E-state index is 0.0138. The molecule has 7 rings (SSSR count). The van der Waals surface area contributed by atoms with Crippen LogP contribution in [-0.4, -0.2) is 52.8 Å². The Hall–Kier alpha value is -2.65. The van der Waals surface area contributed by atoms with Gasteiger partial charge in [-0.3, -0.25) is 9.59 Å². The molecule has 0 radical (unpaired) electrons. The second-order valence-corrected chi connectivity index (χ2v) is 11.9. The molecule has 4 saturated heterocycles. The first-order chi connectivity index (χ1) is 16.4. The molecule has 0 bridgehead atoms. The highest BCUT2D eigenvalue weighted by Crippen LogP contribution is 2.79. The van der Waals surface area contributed by atoms with Crippen LogP contribution in [0.5, 0.6) is 0 Å². The van der Waals surface area contributed by atoms with Gasteiger partial charge in [0, 0.05) is 16.6 Å². The zero-order valence-electron chi connectivity index (χ0n) is 20.1. The average Bonchev–Trinajstić information content (AvgIpc) is 3.26. The van der Waals surface area contributed by atoms with Crippen molar-refractivity contribution in [3.8, 4) is 0 Å². The lowest BCUT2D eigenvalue weighted by atomic mass is 9.39. The zero-order chi connectivity index (χ0) is 24.8. The first-order valence-corrected chi connectivity index (χ1v) is 12.2. The van der Waals surface area contributed by atoms with Crippen LogP contribution in [0.4, 0.5) is 0 Å². The third-order valence-corrected chi connectivity index (χ3v) is 10.2. The van der Waals surface area contributed by atoms with E-state index in [0.717, 1.165) is 0 Å². The molecule has 6 aliphatic rings. The molecule has 0 amide bonds. The average molecular weight is 485 g/mol. The van der Waals surface area contributed by atoms with Gasteiger partial charge in [0.1, 0.15) is 18.3 Å². The summed E-state index contributed by atoms with van der Waals surface area (Å²) in [5.74, 6) is -2.07. The molecule has 9 nitrogen and oxygen atoms in total. The lowest BCUT2D eigenvalue weighted by molar-refractivity contribution is -0.212. The molecular weight excluding hydrogens is 456 g/mol. The number of carbonyl (C=O) groups excluding carboxylic acids is 3. The summed E-state index contributed by atoms with van der Waals surface area (Å²) in [6, 6.07) is 1.76. The predicted molar refractivity (Wildman–Crippen MR) is 116 cm³/mol. The van der Waals surface area contributed by atoms with Crippen LogP contribution in [-0.2, 0) is 33.3 Å². The number of fused-ring (bicyclic) bond motifs is 1. The number of Topliss-reactive ketones (excluding diaryl/α,β-unsaturated/α-hetero) is 1. The van der Waals surface area contributed by atoms with Gasteiger partial charge in [0.25, 0.3) is 0 Å². The Bertz CT molecular complexity index is 1230. The Labute approximate surface area is 201 Å². The summed E-state index contributed by atoms with van der Waals surface area (Å²) < 4.78 is 29.4. The summed E-state index contributed by atoms with van der Waals surface area (Å²) >= 11 is 0. The minimum atomic E-state index is -1.27. The molecule has 186 valence electrons. The van der Waals surface area contributed by atoms with Gasteiger partial charge in [-0.1, -0.05) is 6.92 Å². The van der Waals surface area contributed by atoms with E-state index in [1.807, 2.05) is 27.7 Å². The van der Waals surface area contributed by atoms with Gasteiger partial charge >= 0.3 is 11.9 Å².